The predicted molar refractivity (Wildman–Crippen MR) is 78.6 cm³/mol. The van der Waals surface area contributed by atoms with Crippen LogP contribution in [0.2, 0.25) is 5.15 Å². The fourth-order valence-corrected chi connectivity index (χ4v) is 3.21. The Morgan fingerprint density at radius 3 is 2.40 bits per heavy atom. The number of benzene rings is 1. The van der Waals surface area contributed by atoms with Crippen LogP contribution >= 0.6 is 11.6 Å². The van der Waals surface area contributed by atoms with Gasteiger partial charge in [0.1, 0.15) is 5.15 Å². The molecule has 0 bridgehead atoms. The Kier molecular flexibility index (Phi) is 3.26. The second kappa shape index (κ2) is 4.94. The number of rotatable bonds is 2. The van der Waals surface area contributed by atoms with Gasteiger partial charge in [-0.2, -0.15) is 0 Å². The van der Waals surface area contributed by atoms with Crippen LogP contribution in [0.1, 0.15) is 29.7 Å². The zero-order valence-electron chi connectivity index (χ0n) is 11.1. The number of aromatic nitrogens is 2. The van der Waals surface area contributed by atoms with Crippen LogP contribution in [0.5, 0.6) is 0 Å². The molecule has 0 saturated carbocycles. The lowest BCUT2D eigenvalue weighted by atomic mass is 10.1. The molecule has 20 heavy (non-hydrogen) atoms. The van der Waals surface area contributed by atoms with E-state index in [1.807, 2.05) is 31.2 Å². The van der Waals surface area contributed by atoms with Crippen LogP contribution in [0.4, 0.5) is 0 Å². The highest BCUT2D eigenvalue weighted by Crippen LogP contribution is 2.28. The van der Waals surface area contributed by atoms with Crippen LogP contribution in [-0.2, 0) is 19.3 Å². The standard InChI is InChI=1S/C15H15ClN2O2/c1-2-12-13(16)17-15(20)18(14(12)19)11-7-9-5-3-4-6-10(9)8-11/h3-6,11H,2,7-8H2,1H3,(H,17,20). The zero-order chi connectivity index (χ0) is 14.3. The first-order chi connectivity index (χ1) is 9.61. The number of hydrogen-bond donors (Lipinski definition) is 1. The van der Waals surface area contributed by atoms with Gasteiger partial charge in [-0.3, -0.25) is 14.3 Å². The first-order valence-electron chi connectivity index (χ1n) is 6.71. The lowest BCUT2D eigenvalue weighted by molar-refractivity contribution is 0.484. The molecule has 0 fully saturated rings. The minimum absolute atomic E-state index is 0.119. The summed E-state index contributed by atoms with van der Waals surface area (Å²) in [6.45, 7) is 1.86. The van der Waals surface area contributed by atoms with Gasteiger partial charge in [0.2, 0.25) is 0 Å². The summed E-state index contributed by atoms with van der Waals surface area (Å²) in [5, 5.41) is 0.161. The molecule has 0 radical (unpaired) electrons. The van der Waals surface area contributed by atoms with Crippen LogP contribution in [0, 0.1) is 0 Å². The molecule has 0 amide bonds. The number of nitrogens with one attached hydrogen (secondary N) is 1. The van der Waals surface area contributed by atoms with E-state index < -0.39 is 5.69 Å². The third-order valence-electron chi connectivity index (χ3n) is 3.93. The summed E-state index contributed by atoms with van der Waals surface area (Å²) in [4.78, 5) is 27.1. The van der Waals surface area contributed by atoms with Crippen LogP contribution in [-0.4, -0.2) is 9.55 Å². The lowest BCUT2D eigenvalue weighted by Gasteiger charge is -2.14. The number of nitrogens with zero attached hydrogens (tertiary/aromatic N) is 1. The van der Waals surface area contributed by atoms with Crippen LogP contribution < -0.4 is 11.2 Å². The molecule has 0 atom stereocenters. The van der Waals surface area contributed by atoms with Gasteiger partial charge in [-0.1, -0.05) is 42.8 Å². The molecule has 1 N–H and O–H groups in total. The molecule has 0 aliphatic heterocycles. The number of hydrogen-bond acceptors (Lipinski definition) is 2. The van der Waals surface area contributed by atoms with Gasteiger partial charge in [-0.25, -0.2) is 4.79 Å². The van der Waals surface area contributed by atoms with E-state index in [9.17, 15) is 9.59 Å². The topological polar surface area (TPSA) is 54.9 Å². The molecule has 2 aromatic rings. The number of H-pyrrole nitrogens is 1. The molecule has 1 aromatic carbocycles. The van der Waals surface area contributed by atoms with E-state index in [-0.39, 0.29) is 16.8 Å². The van der Waals surface area contributed by atoms with E-state index in [0.717, 1.165) is 0 Å². The van der Waals surface area contributed by atoms with Crippen LogP contribution in [0.25, 0.3) is 0 Å². The van der Waals surface area contributed by atoms with Gasteiger partial charge in [0.15, 0.2) is 0 Å². The van der Waals surface area contributed by atoms with Crippen molar-refractivity contribution in [2.45, 2.75) is 32.2 Å². The minimum Gasteiger partial charge on any atom is -0.297 e. The van der Waals surface area contributed by atoms with Gasteiger partial charge in [-0.15, -0.1) is 0 Å². The molecule has 3 rings (SSSR count). The predicted octanol–water partition coefficient (Wildman–Crippen LogP) is 2.09. The van der Waals surface area contributed by atoms with Crippen molar-refractivity contribution in [3.8, 4) is 0 Å². The Hall–Kier alpha value is -1.81. The van der Waals surface area contributed by atoms with E-state index in [0.29, 0.717) is 24.8 Å². The SMILES string of the molecule is CCc1c(Cl)[nH]c(=O)n(C2Cc3ccccc3C2)c1=O. The van der Waals surface area contributed by atoms with Gasteiger partial charge >= 0.3 is 5.69 Å². The molecule has 1 aromatic heterocycles. The van der Waals surface area contributed by atoms with Crippen molar-refractivity contribution in [2.24, 2.45) is 0 Å². The maximum Gasteiger partial charge on any atom is 0.329 e. The third kappa shape index (κ3) is 2.00. The van der Waals surface area contributed by atoms with Crippen LogP contribution in [0.3, 0.4) is 0 Å². The number of halogens is 1. The average Bonchev–Trinajstić information content (AvgIpc) is 2.81. The van der Waals surface area contributed by atoms with E-state index in [1.54, 1.807) is 0 Å². The van der Waals surface area contributed by atoms with E-state index in [4.69, 9.17) is 11.6 Å². The Labute approximate surface area is 121 Å². The first-order valence-corrected chi connectivity index (χ1v) is 7.09. The average molecular weight is 291 g/mol. The Morgan fingerprint density at radius 2 is 1.85 bits per heavy atom. The number of fused-ring (bicyclic) bond motifs is 1. The highest BCUT2D eigenvalue weighted by atomic mass is 35.5. The van der Waals surface area contributed by atoms with E-state index in [1.165, 1.54) is 15.7 Å². The molecule has 104 valence electrons. The van der Waals surface area contributed by atoms with Crippen LogP contribution in [0.15, 0.2) is 33.9 Å². The summed E-state index contributed by atoms with van der Waals surface area (Å²) < 4.78 is 1.32. The highest BCUT2D eigenvalue weighted by Gasteiger charge is 2.26. The van der Waals surface area contributed by atoms with Crippen molar-refractivity contribution in [1.29, 1.82) is 0 Å². The Morgan fingerprint density at radius 1 is 1.25 bits per heavy atom. The molecular formula is C15H15ClN2O2. The van der Waals surface area contributed by atoms with Gasteiger partial charge in [0.05, 0.1) is 5.56 Å². The fourth-order valence-electron chi connectivity index (χ4n) is 2.92. The zero-order valence-corrected chi connectivity index (χ0v) is 11.9. The van der Waals surface area contributed by atoms with Crippen molar-refractivity contribution >= 4 is 11.6 Å². The van der Waals surface area contributed by atoms with E-state index in [2.05, 4.69) is 4.98 Å². The van der Waals surface area contributed by atoms with Gasteiger partial charge < -0.3 is 0 Å². The van der Waals surface area contributed by atoms with Crippen molar-refractivity contribution < 1.29 is 0 Å². The smallest absolute Gasteiger partial charge is 0.297 e. The van der Waals surface area contributed by atoms with Gasteiger partial charge in [-0.05, 0) is 30.4 Å². The molecule has 1 heterocycles. The normalized spacial score (nSPS) is 14.5. The third-order valence-corrected chi connectivity index (χ3v) is 4.25. The second-order valence-corrected chi connectivity index (χ2v) is 5.46. The highest BCUT2D eigenvalue weighted by molar-refractivity contribution is 6.30. The molecule has 0 unspecified atom stereocenters. The molecule has 5 heteroatoms. The fraction of sp³-hybridized carbons (Fsp3) is 0.333. The molecule has 1 aliphatic rings. The lowest BCUT2D eigenvalue weighted by Crippen LogP contribution is -2.40. The molecule has 1 aliphatic carbocycles. The van der Waals surface area contributed by atoms with Gasteiger partial charge in [0, 0.05) is 6.04 Å². The number of aromatic amines is 1. The maximum absolute atomic E-state index is 12.4. The Bertz CT molecular complexity index is 751. The van der Waals surface area contributed by atoms with Crippen molar-refractivity contribution in [1.82, 2.24) is 9.55 Å². The molecule has 0 spiro atoms. The largest absolute Gasteiger partial charge is 0.329 e. The quantitative estimate of drug-likeness (QED) is 0.861. The Balaban J connectivity index is 2.10. The minimum atomic E-state index is -0.421. The summed E-state index contributed by atoms with van der Waals surface area (Å²) in [6.07, 6.45) is 1.93. The summed E-state index contributed by atoms with van der Waals surface area (Å²) >= 11 is 5.93. The van der Waals surface area contributed by atoms with E-state index >= 15 is 0 Å². The van der Waals surface area contributed by atoms with Crippen molar-refractivity contribution in [3.63, 3.8) is 0 Å². The van der Waals surface area contributed by atoms with Crippen molar-refractivity contribution in [3.05, 3.63) is 66.9 Å². The molecular weight excluding hydrogens is 276 g/mol. The summed E-state index contributed by atoms with van der Waals surface area (Å²) in [5.41, 5.74) is 2.20. The molecule has 4 nitrogen and oxygen atoms in total. The summed E-state index contributed by atoms with van der Waals surface area (Å²) in [6, 6.07) is 7.93. The second-order valence-electron chi connectivity index (χ2n) is 5.08. The monoisotopic (exact) mass is 290 g/mol. The van der Waals surface area contributed by atoms with Gasteiger partial charge in [0.25, 0.3) is 5.56 Å². The summed E-state index contributed by atoms with van der Waals surface area (Å²) in [7, 11) is 0. The first kappa shape index (κ1) is 13.2. The maximum atomic E-state index is 12.4. The van der Waals surface area contributed by atoms with Crippen molar-refractivity contribution in [2.75, 3.05) is 0 Å². The summed E-state index contributed by atoms with van der Waals surface area (Å²) in [5.74, 6) is 0. The molecule has 0 saturated heterocycles.